The van der Waals surface area contributed by atoms with Crippen LogP contribution in [0.25, 0.3) is 16.7 Å². The molecule has 5 rings (SSSR count). The first-order chi connectivity index (χ1) is 22.8. The number of anilines is 3. The van der Waals surface area contributed by atoms with E-state index < -0.39 is 63.6 Å². The zero-order chi connectivity index (χ0) is 35.5. The molecule has 10 nitrogen and oxygen atoms in total. The van der Waals surface area contributed by atoms with Crippen molar-refractivity contribution in [1.29, 1.82) is 0 Å². The summed E-state index contributed by atoms with van der Waals surface area (Å²) in [5.41, 5.74) is 2.55. The minimum absolute atomic E-state index is 0.00926. The van der Waals surface area contributed by atoms with Gasteiger partial charge in [0.15, 0.2) is 0 Å². The summed E-state index contributed by atoms with van der Waals surface area (Å²) in [6, 6.07) is 13.2. The second-order valence-electron chi connectivity index (χ2n) is 9.22. The minimum atomic E-state index is -1.15. The number of hydrogen-bond acceptors (Lipinski definition) is 8. The maximum atomic E-state index is 13.9. The van der Waals surface area contributed by atoms with Crippen molar-refractivity contribution in [2.75, 3.05) is 24.3 Å². The Labute approximate surface area is 267 Å². The average molecular weight is 677 g/mol. The molecule has 0 aliphatic heterocycles. The molecular weight excluding hydrogens is 650 g/mol. The quantitative estimate of drug-likeness (QED) is 0.0939. The molecule has 4 aromatic carbocycles. The van der Waals surface area contributed by atoms with Crippen LogP contribution in [0.4, 0.5) is 43.4 Å². The number of H-pyrrole nitrogens is 1. The summed E-state index contributed by atoms with van der Waals surface area (Å²) in [6.45, 7) is 3.63. The highest BCUT2D eigenvalue weighted by Crippen LogP contribution is 2.27. The topological polar surface area (TPSA) is 146 Å². The summed E-state index contributed by atoms with van der Waals surface area (Å²) < 4.78 is 89.7. The number of benzene rings is 4. The lowest BCUT2D eigenvalue weighted by Gasteiger charge is -2.11. The van der Waals surface area contributed by atoms with Crippen LogP contribution in [-0.2, 0) is 19.1 Å². The Morgan fingerprint density at radius 2 is 1.25 bits per heavy atom. The fourth-order valence-corrected chi connectivity index (χ4v) is 3.89. The molecule has 16 heteroatoms. The van der Waals surface area contributed by atoms with Gasteiger partial charge in [-0.05, 0) is 74.5 Å². The van der Waals surface area contributed by atoms with E-state index in [0.717, 1.165) is 60.7 Å². The first kappa shape index (κ1) is 36.4. The number of esters is 2. The highest BCUT2D eigenvalue weighted by atomic mass is 19.2. The predicted molar refractivity (Wildman–Crippen MR) is 164 cm³/mol. The van der Waals surface area contributed by atoms with Gasteiger partial charge >= 0.3 is 23.1 Å². The second kappa shape index (κ2) is 16.5. The van der Waals surface area contributed by atoms with Gasteiger partial charge in [0.2, 0.25) is 0 Å². The molecule has 252 valence electrons. The highest BCUT2D eigenvalue weighted by molar-refractivity contribution is 6.29. The van der Waals surface area contributed by atoms with E-state index in [9.17, 15) is 45.5 Å². The van der Waals surface area contributed by atoms with Gasteiger partial charge in [0.05, 0.1) is 35.6 Å². The third-order valence-corrected chi connectivity index (χ3v) is 5.96. The zero-order valence-corrected chi connectivity index (χ0v) is 25.1. The number of nitrogens with zero attached hydrogens (tertiary/aromatic N) is 1. The van der Waals surface area contributed by atoms with Crippen LogP contribution in [0.15, 0.2) is 82.4 Å². The van der Waals surface area contributed by atoms with Gasteiger partial charge in [-0.25, -0.2) is 35.9 Å². The number of para-hydroxylation sites is 2. The van der Waals surface area contributed by atoms with E-state index in [1.54, 1.807) is 13.8 Å². The number of nitrogens with two attached hydrogens (primary N) is 1. The van der Waals surface area contributed by atoms with Crippen LogP contribution in [0.2, 0.25) is 0 Å². The number of fused-ring (bicyclic) bond motifs is 1. The maximum Gasteiger partial charge on any atom is 0.417 e. The van der Waals surface area contributed by atoms with Crippen molar-refractivity contribution in [2.45, 2.75) is 13.8 Å². The number of nitrogen functional groups attached to an aromatic ring is 1. The third kappa shape index (κ3) is 9.02. The number of ether oxygens (including phenoxy) is 2. The van der Waals surface area contributed by atoms with Crippen molar-refractivity contribution in [3.05, 3.63) is 128 Å². The molecule has 4 N–H and O–H groups in total. The van der Waals surface area contributed by atoms with Crippen LogP contribution in [0.3, 0.4) is 0 Å². The van der Waals surface area contributed by atoms with E-state index in [-0.39, 0.29) is 41.3 Å². The molecule has 0 bridgehead atoms. The maximum absolute atomic E-state index is 13.9. The van der Waals surface area contributed by atoms with Crippen LogP contribution in [0, 0.1) is 34.9 Å². The molecule has 1 heterocycles. The predicted octanol–water partition coefficient (Wildman–Crippen LogP) is 5.64. The molecule has 0 spiro atoms. The lowest BCUT2D eigenvalue weighted by atomic mass is 10.2. The third-order valence-electron chi connectivity index (χ3n) is 5.96. The van der Waals surface area contributed by atoms with Crippen molar-refractivity contribution in [3.63, 3.8) is 0 Å². The molecule has 0 saturated carbocycles. The molecule has 0 radical (unpaired) electrons. The lowest BCUT2D eigenvalue weighted by molar-refractivity contribution is -0.167. The summed E-state index contributed by atoms with van der Waals surface area (Å²) in [6.07, 6.45) is 0. The number of carbonyl (C=O) groups excluding carboxylic acids is 2. The Morgan fingerprint density at radius 1 is 0.750 bits per heavy atom. The van der Waals surface area contributed by atoms with E-state index in [0.29, 0.717) is 4.57 Å². The molecule has 0 aliphatic rings. The summed E-state index contributed by atoms with van der Waals surface area (Å²) in [5, 5.41) is 2.49. The van der Waals surface area contributed by atoms with Gasteiger partial charge < -0.3 is 25.5 Å². The number of aromatic amines is 1. The number of carbonyl (C=O) groups is 2. The van der Waals surface area contributed by atoms with E-state index >= 15 is 0 Å². The fraction of sp³-hybridized carbons (Fsp3) is 0.125. The number of halogens is 6. The Balaban J connectivity index is 0.000000209. The number of rotatable bonds is 5. The van der Waals surface area contributed by atoms with Crippen LogP contribution in [0.1, 0.15) is 13.8 Å². The smallest absolute Gasteiger partial charge is 0.417 e. The number of hydrogen-bond donors (Lipinski definition) is 3. The molecule has 0 fully saturated rings. The molecule has 0 unspecified atom stereocenters. The monoisotopic (exact) mass is 676 g/mol. The van der Waals surface area contributed by atoms with Crippen molar-refractivity contribution in [3.8, 4) is 5.69 Å². The summed E-state index contributed by atoms with van der Waals surface area (Å²) in [7, 11) is 0. The van der Waals surface area contributed by atoms with E-state index in [2.05, 4.69) is 19.8 Å². The SMILES string of the molecule is CCOC(=O)C(=O)OCC.Nc1cc(F)ccc1Nc1c(F)cccc1F.O=c1[nH]c2cc(F)ccc2n(-c2c(F)cccc2F)c1=O. The molecule has 48 heavy (non-hydrogen) atoms. The number of nitrogens with one attached hydrogen (secondary N) is 2. The van der Waals surface area contributed by atoms with Crippen molar-refractivity contribution in [2.24, 2.45) is 0 Å². The van der Waals surface area contributed by atoms with E-state index in [1.165, 1.54) is 12.1 Å². The van der Waals surface area contributed by atoms with Crippen LogP contribution >= 0.6 is 0 Å². The van der Waals surface area contributed by atoms with Gasteiger partial charge in [0.1, 0.15) is 46.3 Å². The second-order valence-corrected chi connectivity index (χ2v) is 9.22. The van der Waals surface area contributed by atoms with E-state index in [1.807, 2.05) is 0 Å². The van der Waals surface area contributed by atoms with Gasteiger partial charge in [0, 0.05) is 0 Å². The lowest BCUT2D eigenvalue weighted by Crippen LogP contribution is -2.36. The number of aromatic nitrogens is 2. The van der Waals surface area contributed by atoms with Crippen LogP contribution in [0.5, 0.6) is 0 Å². The van der Waals surface area contributed by atoms with Crippen molar-refractivity contribution in [1.82, 2.24) is 9.55 Å². The minimum Gasteiger partial charge on any atom is -0.458 e. The molecular formula is C32H26F6N4O6. The molecule has 5 aromatic rings. The Kier molecular flexibility index (Phi) is 12.5. The largest absolute Gasteiger partial charge is 0.458 e. The Morgan fingerprint density at radius 3 is 1.77 bits per heavy atom. The average Bonchev–Trinajstić information content (AvgIpc) is 3.02. The summed E-state index contributed by atoms with van der Waals surface area (Å²) in [4.78, 5) is 46.6. The molecule has 0 aliphatic carbocycles. The first-order valence-electron chi connectivity index (χ1n) is 13.8. The molecule has 0 amide bonds. The van der Waals surface area contributed by atoms with Crippen molar-refractivity contribution < 1.29 is 45.4 Å². The normalized spacial score (nSPS) is 10.2. The first-order valence-corrected chi connectivity index (χ1v) is 13.8. The van der Waals surface area contributed by atoms with Crippen LogP contribution in [-0.4, -0.2) is 34.7 Å². The Hall–Kier alpha value is -6.06. The van der Waals surface area contributed by atoms with Crippen LogP contribution < -0.4 is 22.2 Å². The Bertz CT molecular complexity index is 2010. The summed E-state index contributed by atoms with van der Waals surface area (Å²) in [5.74, 6) is -6.52. The highest BCUT2D eigenvalue weighted by Gasteiger charge is 2.18. The van der Waals surface area contributed by atoms with Gasteiger partial charge in [-0.1, -0.05) is 12.1 Å². The zero-order valence-electron chi connectivity index (χ0n) is 25.1. The van der Waals surface area contributed by atoms with Gasteiger partial charge in [-0.2, -0.15) is 0 Å². The van der Waals surface area contributed by atoms with E-state index in [4.69, 9.17) is 5.73 Å². The van der Waals surface area contributed by atoms with Gasteiger partial charge in [-0.3, -0.25) is 14.2 Å². The molecule has 1 aromatic heterocycles. The van der Waals surface area contributed by atoms with Gasteiger partial charge in [-0.15, -0.1) is 0 Å². The molecule has 0 atom stereocenters. The van der Waals surface area contributed by atoms with Crippen molar-refractivity contribution >= 4 is 40.0 Å². The van der Waals surface area contributed by atoms with Gasteiger partial charge in [0.25, 0.3) is 0 Å². The summed E-state index contributed by atoms with van der Waals surface area (Å²) >= 11 is 0. The fourth-order valence-electron chi connectivity index (χ4n) is 3.89. The molecule has 0 saturated heterocycles. The standard InChI is InChI=1S/C14H7F3N2O2.C12H9F3N2.C6H10O4/c15-7-4-5-11-10(6-7)18-13(20)14(21)19(11)12-8(16)2-1-3-9(12)17;13-7-4-5-11(10(16)6-7)17-12-8(14)2-1-3-9(12)15;1-3-9-5(7)6(8)10-4-2/h1-6H,(H,18,20);1-6,17H,16H2;3-4H2,1-2H3.